The second kappa shape index (κ2) is 5.63. The first-order valence-electron chi connectivity index (χ1n) is 6.91. The number of rotatable bonds is 6. The molecule has 1 saturated carbocycles. The molecule has 3 rings (SSSR count). The van der Waals surface area contributed by atoms with E-state index in [9.17, 15) is 8.42 Å². The van der Waals surface area contributed by atoms with E-state index in [-0.39, 0.29) is 5.09 Å². The van der Waals surface area contributed by atoms with Crippen molar-refractivity contribution in [1.29, 1.82) is 0 Å². The minimum Gasteiger partial charge on any atom is -0.447 e. The van der Waals surface area contributed by atoms with Crippen molar-refractivity contribution < 1.29 is 12.8 Å². The molecule has 2 aromatic rings. The van der Waals surface area contributed by atoms with Gasteiger partial charge in [-0.3, -0.25) is 0 Å². The molecule has 21 heavy (non-hydrogen) atoms. The Morgan fingerprint density at radius 3 is 2.67 bits per heavy atom. The van der Waals surface area contributed by atoms with E-state index in [1.807, 2.05) is 18.2 Å². The van der Waals surface area contributed by atoms with Crippen LogP contribution in [-0.2, 0) is 16.6 Å². The summed E-state index contributed by atoms with van der Waals surface area (Å²) in [6.07, 6.45) is 1.10. The monoisotopic (exact) mass is 306 g/mol. The molecule has 1 aromatic carbocycles. The molecule has 0 aliphatic heterocycles. The first-order valence-corrected chi connectivity index (χ1v) is 8.39. The van der Waals surface area contributed by atoms with Gasteiger partial charge in [-0.2, -0.15) is 0 Å². The van der Waals surface area contributed by atoms with Crippen molar-refractivity contribution >= 4 is 10.0 Å². The van der Waals surface area contributed by atoms with Crippen LogP contribution < -0.4 is 10.0 Å². The van der Waals surface area contributed by atoms with Crippen LogP contribution >= 0.6 is 0 Å². The molecular weight excluding hydrogens is 288 g/mol. The van der Waals surface area contributed by atoms with E-state index in [2.05, 4.69) is 22.2 Å². The van der Waals surface area contributed by atoms with Crippen molar-refractivity contribution in [3.8, 4) is 0 Å². The highest BCUT2D eigenvalue weighted by Crippen LogP contribution is 2.40. The zero-order chi connectivity index (χ0) is 14.9. The van der Waals surface area contributed by atoms with Gasteiger partial charge in [-0.15, -0.1) is 0 Å². The lowest BCUT2D eigenvalue weighted by Gasteiger charge is -2.02. The van der Waals surface area contributed by atoms with Crippen molar-refractivity contribution in [2.75, 3.05) is 7.05 Å². The highest BCUT2D eigenvalue weighted by Gasteiger charge is 2.37. The third-order valence-corrected chi connectivity index (χ3v) is 5.01. The second-order valence-electron chi connectivity index (χ2n) is 5.17. The van der Waals surface area contributed by atoms with Gasteiger partial charge in [0.15, 0.2) is 0 Å². The largest absolute Gasteiger partial charge is 0.447 e. The minimum absolute atomic E-state index is 0.0443. The zero-order valence-corrected chi connectivity index (χ0v) is 12.6. The smallest absolute Gasteiger partial charge is 0.273 e. The molecule has 0 bridgehead atoms. The molecule has 112 valence electrons. The summed E-state index contributed by atoms with van der Waals surface area (Å²) in [5.74, 6) is 1.17. The summed E-state index contributed by atoms with van der Waals surface area (Å²) in [7, 11) is -2.13. The molecule has 2 atom stereocenters. The predicted molar refractivity (Wildman–Crippen MR) is 79.4 cm³/mol. The maximum Gasteiger partial charge on any atom is 0.273 e. The molecule has 1 aromatic heterocycles. The van der Waals surface area contributed by atoms with Gasteiger partial charge in [-0.05, 0) is 31.2 Å². The van der Waals surface area contributed by atoms with E-state index in [0.29, 0.717) is 24.3 Å². The molecule has 1 heterocycles. The quantitative estimate of drug-likeness (QED) is 0.854. The van der Waals surface area contributed by atoms with Crippen LogP contribution in [0.4, 0.5) is 0 Å². The van der Waals surface area contributed by atoms with Crippen LogP contribution in [0, 0.1) is 0 Å². The standard InChI is InChI=1S/C15H18N2O3S/c1-16-21(18,19)15-8-7-12(20-15)10-17-14-9-13(14)11-5-3-2-4-6-11/h2-8,13-14,16-17H,9-10H2,1H3. The van der Waals surface area contributed by atoms with Crippen molar-refractivity contribution in [2.45, 2.75) is 30.0 Å². The Kier molecular flexibility index (Phi) is 3.84. The Balaban J connectivity index is 1.56. The number of nitrogens with one attached hydrogen (secondary N) is 2. The van der Waals surface area contributed by atoms with Crippen molar-refractivity contribution in [3.05, 3.63) is 53.8 Å². The normalized spacial score (nSPS) is 21.4. The number of furan rings is 1. The summed E-state index contributed by atoms with van der Waals surface area (Å²) in [6.45, 7) is 0.535. The summed E-state index contributed by atoms with van der Waals surface area (Å²) in [6, 6.07) is 14.0. The van der Waals surface area contributed by atoms with Gasteiger partial charge in [0, 0.05) is 12.0 Å². The third kappa shape index (κ3) is 3.18. The lowest BCUT2D eigenvalue weighted by Crippen LogP contribution is -2.18. The summed E-state index contributed by atoms with van der Waals surface area (Å²) < 4.78 is 30.7. The van der Waals surface area contributed by atoms with Gasteiger partial charge >= 0.3 is 0 Å². The van der Waals surface area contributed by atoms with Crippen LogP contribution in [0.5, 0.6) is 0 Å². The van der Waals surface area contributed by atoms with E-state index < -0.39 is 10.0 Å². The molecule has 0 radical (unpaired) electrons. The summed E-state index contributed by atoms with van der Waals surface area (Å²) >= 11 is 0. The molecule has 1 fully saturated rings. The van der Waals surface area contributed by atoms with Crippen molar-refractivity contribution in [3.63, 3.8) is 0 Å². The molecule has 1 aliphatic carbocycles. The van der Waals surface area contributed by atoms with Crippen molar-refractivity contribution in [1.82, 2.24) is 10.0 Å². The first kappa shape index (κ1) is 14.3. The number of hydrogen-bond acceptors (Lipinski definition) is 4. The lowest BCUT2D eigenvalue weighted by atomic mass is 10.1. The van der Waals surface area contributed by atoms with Gasteiger partial charge in [0.05, 0.1) is 6.54 Å². The van der Waals surface area contributed by atoms with Crippen LogP contribution in [0.15, 0.2) is 52.0 Å². The molecule has 6 heteroatoms. The Morgan fingerprint density at radius 2 is 1.95 bits per heavy atom. The Bertz CT molecular complexity index is 710. The zero-order valence-electron chi connectivity index (χ0n) is 11.7. The Morgan fingerprint density at radius 1 is 1.19 bits per heavy atom. The van der Waals surface area contributed by atoms with Gasteiger partial charge in [0.1, 0.15) is 5.76 Å². The SMILES string of the molecule is CNS(=O)(=O)c1ccc(CNC2CC2c2ccccc2)o1. The van der Waals surface area contributed by atoms with Crippen molar-refractivity contribution in [2.24, 2.45) is 0 Å². The molecule has 0 saturated heterocycles. The van der Waals surface area contributed by atoms with Gasteiger partial charge in [0.25, 0.3) is 10.0 Å². The molecule has 1 aliphatic rings. The number of hydrogen-bond donors (Lipinski definition) is 2. The van der Waals surface area contributed by atoms with Crippen LogP contribution in [0.3, 0.4) is 0 Å². The Labute approximate surface area is 124 Å². The van der Waals surface area contributed by atoms with E-state index in [0.717, 1.165) is 6.42 Å². The van der Waals surface area contributed by atoms with Gasteiger partial charge in [-0.25, -0.2) is 13.1 Å². The van der Waals surface area contributed by atoms with E-state index in [1.54, 1.807) is 6.07 Å². The molecule has 0 amide bonds. The average molecular weight is 306 g/mol. The number of benzene rings is 1. The fourth-order valence-corrected chi connectivity index (χ4v) is 3.08. The fraction of sp³-hybridized carbons (Fsp3) is 0.333. The van der Waals surface area contributed by atoms with Crippen LogP contribution in [0.25, 0.3) is 0 Å². The third-order valence-electron chi connectivity index (χ3n) is 3.73. The van der Waals surface area contributed by atoms with Gasteiger partial charge in [0.2, 0.25) is 5.09 Å². The number of sulfonamides is 1. The van der Waals surface area contributed by atoms with Gasteiger partial charge < -0.3 is 9.73 Å². The Hall–Kier alpha value is -1.63. The summed E-state index contributed by atoms with van der Waals surface area (Å²) in [4.78, 5) is 0. The molecule has 0 spiro atoms. The van der Waals surface area contributed by atoms with Gasteiger partial charge in [-0.1, -0.05) is 30.3 Å². The van der Waals surface area contributed by atoms with Crippen LogP contribution in [-0.4, -0.2) is 21.5 Å². The summed E-state index contributed by atoms with van der Waals surface area (Å²) in [5, 5.41) is 3.35. The molecule has 2 N–H and O–H groups in total. The second-order valence-corrected chi connectivity index (χ2v) is 6.99. The molecule has 2 unspecified atom stereocenters. The van der Waals surface area contributed by atoms with E-state index in [4.69, 9.17) is 4.42 Å². The molecular formula is C15H18N2O3S. The maximum atomic E-state index is 11.6. The predicted octanol–water partition coefficient (Wildman–Crippen LogP) is 1.83. The highest BCUT2D eigenvalue weighted by atomic mass is 32.2. The first-order chi connectivity index (χ1) is 10.1. The maximum absolute atomic E-state index is 11.6. The van der Waals surface area contributed by atoms with Crippen LogP contribution in [0.2, 0.25) is 0 Å². The average Bonchev–Trinajstić information content (AvgIpc) is 3.13. The molecule has 5 nitrogen and oxygen atoms in total. The highest BCUT2D eigenvalue weighted by molar-refractivity contribution is 7.89. The summed E-state index contributed by atoms with van der Waals surface area (Å²) in [5.41, 5.74) is 1.34. The fourth-order valence-electron chi connectivity index (χ4n) is 2.42. The van der Waals surface area contributed by atoms with E-state index in [1.165, 1.54) is 18.7 Å². The van der Waals surface area contributed by atoms with Crippen LogP contribution in [0.1, 0.15) is 23.7 Å². The topological polar surface area (TPSA) is 71.3 Å². The lowest BCUT2D eigenvalue weighted by molar-refractivity contribution is 0.399. The minimum atomic E-state index is -3.50. The van der Waals surface area contributed by atoms with E-state index >= 15 is 0 Å².